The molecule has 2 N–H and O–H groups in total. The summed E-state index contributed by atoms with van der Waals surface area (Å²) >= 11 is 0. The maximum absolute atomic E-state index is 10.6. The Bertz CT molecular complexity index is 105. The van der Waals surface area contributed by atoms with Crippen LogP contribution in [0.5, 0.6) is 0 Å². The van der Waals surface area contributed by atoms with Crippen LogP contribution in [0.3, 0.4) is 0 Å². The molecule has 0 aromatic carbocycles. The Hall–Kier alpha value is -0.570. The number of amides is 1. The van der Waals surface area contributed by atoms with Crippen LogP contribution >= 0.6 is 0 Å². The van der Waals surface area contributed by atoms with Gasteiger partial charge in [-0.25, -0.2) is 0 Å². The lowest BCUT2D eigenvalue weighted by Gasteiger charge is -2.07. The Morgan fingerprint density at radius 3 is 2.33 bits per heavy atom. The Morgan fingerprint density at radius 1 is 1.50 bits per heavy atom. The lowest BCUT2D eigenvalue weighted by Crippen LogP contribution is -2.28. The minimum absolute atomic E-state index is 0.0419. The second kappa shape index (κ2) is 10.4. The first kappa shape index (κ1) is 14.0. The zero-order valence-corrected chi connectivity index (χ0v) is 8.55. The van der Waals surface area contributed by atoms with E-state index in [4.69, 9.17) is 5.11 Å². The standard InChI is InChI=1S/C7H15NO2.C2H6/c1-3-7(10)8-4-6(2)5-9;1-2/h6,9H,3-5H2,1-2H3,(H,8,10);1-2H3. The Labute approximate surface area is 75.2 Å². The maximum atomic E-state index is 10.6. The minimum atomic E-state index is 0.0419. The third kappa shape index (κ3) is 9.43. The van der Waals surface area contributed by atoms with Crippen molar-refractivity contribution in [2.75, 3.05) is 13.2 Å². The predicted octanol–water partition coefficient (Wildman–Crippen LogP) is 1.17. The second-order valence-electron chi connectivity index (χ2n) is 2.45. The molecule has 0 spiro atoms. The summed E-state index contributed by atoms with van der Waals surface area (Å²) in [4.78, 5) is 10.6. The molecule has 1 atom stereocenters. The molecule has 0 aliphatic heterocycles. The van der Waals surface area contributed by atoms with Crippen LogP contribution in [0.4, 0.5) is 0 Å². The van der Waals surface area contributed by atoms with E-state index in [1.54, 1.807) is 6.92 Å². The molecule has 0 aliphatic carbocycles. The summed E-state index contributed by atoms with van der Waals surface area (Å²) < 4.78 is 0. The van der Waals surface area contributed by atoms with Gasteiger partial charge in [0, 0.05) is 19.6 Å². The third-order valence-corrected chi connectivity index (χ3v) is 1.28. The predicted molar refractivity (Wildman–Crippen MR) is 50.9 cm³/mol. The van der Waals surface area contributed by atoms with Gasteiger partial charge in [0.2, 0.25) is 5.91 Å². The molecule has 0 aromatic rings. The van der Waals surface area contributed by atoms with E-state index in [-0.39, 0.29) is 18.4 Å². The van der Waals surface area contributed by atoms with Crippen molar-refractivity contribution in [3.05, 3.63) is 0 Å². The lowest BCUT2D eigenvalue weighted by molar-refractivity contribution is -0.120. The molecule has 3 heteroatoms. The fraction of sp³-hybridized carbons (Fsp3) is 0.889. The fourth-order valence-corrected chi connectivity index (χ4v) is 0.478. The first-order valence-corrected chi connectivity index (χ1v) is 4.58. The number of carbonyl (C=O) groups excluding carboxylic acids is 1. The van der Waals surface area contributed by atoms with Gasteiger partial charge in [0.05, 0.1) is 0 Å². The first-order chi connectivity index (χ1) is 5.70. The van der Waals surface area contributed by atoms with Crippen molar-refractivity contribution in [1.82, 2.24) is 5.32 Å². The molecular formula is C9H21NO2. The van der Waals surface area contributed by atoms with Crippen LogP contribution in [-0.2, 0) is 4.79 Å². The van der Waals surface area contributed by atoms with Crippen molar-refractivity contribution in [1.29, 1.82) is 0 Å². The molecular weight excluding hydrogens is 154 g/mol. The van der Waals surface area contributed by atoms with Crippen molar-refractivity contribution in [2.45, 2.75) is 34.1 Å². The highest BCUT2D eigenvalue weighted by Gasteiger charge is 2.00. The molecule has 0 bridgehead atoms. The van der Waals surface area contributed by atoms with E-state index in [9.17, 15) is 4.79 Å². The topological polar surface area (TPSA) is 49.3 Å². The van der Waals surface area contributed by atoms with Crippen molar-refractivity contribution in [2.24, 2.45) is 5.92 Å². The fourth-order valence-electron chi connectivity index (χ4n) is 0.478. The number of hydrogen-bond donors (Lipinski definition) is 2. The molecule has 0 aromatic heterocycles. The highest BCUT2D eigenvalue weighted by Crippen LogP contribution is 1.88. The molecule has 0 saturated carbocycles. The number of aliphatic hydroxyl groups is 1. The normalized spacial score (nSPS) is 11.1. The summed E-state index contributed by atoms with van der Waals surface area (Å²) in [5.41, 5.74) is 0. The number of nitrogens with one attached hydrogen (secondary N) is 1. The minimum Gasteiger partial charge on any atom is -0.396 e. The molecule has 1 unspecified atom stereocenters. The van der Waals surface area contributed by atoms with Gasteiger partial charge in [-0.15, -0.1) is 0 Å². The van der Waals surface area contributed by atoms with Crippen molar-refractivity contribution < 1.29 is 9.90 Å². The molecule has 0 heterocycles. The molecule has 0 aliphatic rings. The van der Waals surface area contributed by atoms with Crippen LogP contribution in [0.15, 0.2) is 0 Å². The summed E-state index contributed by atoms with van der Waals surface area (Å²) in [7, 11) is 0. The average molecular weight is 175 g/mol. The van der Waals surface area contributed by atoms with E-state index in [0.717, 1.165) is 0 Å². The van der Waals surface area contributed by atoms with Crippen LogP contribution < -0.4 is 5.32 Å². The van der Waals surface area contributed by atoms with Gasteiger partial charge in [-0.05, 0) is 5.92 Å². The maximum Gasteiger partial charge on any atom is 0.219 e. The monoisotopic (exact) mass is 175 g/mol. The number of aliphatic hydroxyl groups excluding tert-OH is 1. The highest BCUT2D eigenvalue weighted by atomic mass is 16.3. The van der Waals surface area contributed by atoms with Gasteiger partial charge in [0.1, 0.15) is 0 Å². The van der Waals surface area contributed by atoms with E-state index in [2.05, 4.69) is 5.32 Å². The summed E-state index contributed by atoms with van der Waals surface area (Å²) in [6.07, 6.45) is 0.512. The van der Waals surface area contributed by atoms with Crippen LogP contribution in [0.2, 0.25) is 0 Å². The van der Waals surface area contributed by atoms with Gasteiger partial charge < -0.3 is 10.4 Å². The van der Waals surface area contributed by atoms with E-state index in [1.165, 1.54) is 0 Å². The summed E-state index contributed by atoms with van der Waals surface area (Å²) in [6.45, 7) is 8.39. The van der Waals surface area contributed by atoms with E-state index in [0.29, 0.717) is 13.0 Å². The Kier molecular flexibility index (Phi) is 12.2. The van der Waals surface area contributed by atoms with Gasteiger partial charge in [-0.2, -0.15) is 0 Å². The molecule has 0 rings (SSSR count). The van der Waals surface area contributed by atoms with Gasteiger partial charge in [-0.3, -0.25) is 4.79 Å². The molecule has 0 radical (unpaired) electrons. The van der Waals surface area contributed by atoms with Gasteiger partial charge in [-0.1, -0.05) is 27.7 Å². The SMILES string of the molecule is CC.CCC(=O)NCC(C)CO. The van der Waals surface area contributed by atoms with Crippen LogP contribution in [0.1, 0.15) is 34.1 Å². The number of carbonyl (C=O) groups is 1. The summed E-state index contributed by atoms with van der Waals surface area (Å²) in [6, 6.07) is 0. The second-order valence-corrected chi connectivity index (χ2v) is 2.45. The third-order valence-electron chi connectivity index (χ3n) is 1.28. The highest BCUT2D eigenvalue weighted by molar-refractivity contribution is 5.75. The van der Waals surface area contributed by atoms with E-state index in [1.807, 2.05) is 20.8 Å². The van der Waals surface area contributed by atoms with Gasteiger partial charge >= 0.3 is 0 Å². The Balaban J connectivity index is 0. The number of hydrogen-bond acceptors (Lipinski definition) is 2. The zero-order chi connectivity index (χ0) is 9.98. The molecule has 1 amide bonds. The van der Waals surface area contributed by atoms with Crippen molar-refractivity contribution in [3.63, 3.8) is 0 Å². The number of rotatable bonds is 4. The average Bonchev–Trinajstić information content (AvgIpc) is 2.16. The van der Waals surface area contributed by atoms with Crippen molar-refractivity contribution in [3.8, 4) is 0 Å². The largest absolute Gasteiger partial charge is 0.396 e. The molecule has 74 valence electrons. The van der Waals surface area contributed by atoms with Crippen LogP contribution in [0, 0.1) is 5.92 Å². The van der Waals surface area contributed by atoms with Gasteiger partial charge in [0.15, 0.2) is 0 Å². The zero-order valence-electron chi connectivity index (χ0n) is 8.55. The van der Waals surface area contributed by atoms with Crippen LogP contribution in [0.25, 0.3) is 0 Å². The molecule has 0 saturated heterocycles. The summed E-state index contributed by atoms with van der Waals surface area (Å²) in [5, 5.41) is 11.3. The van der Waals surface area contributed by atoms with Crippen molar-refractivity contribution >= 4 is 5.91 Å². The Morgan fingerprint density at radius 2 is 2.00 bits per heavy atom. The molecule has 0 fully saturated rings. The first-order valence-electron chi connectivity index (χ1n) is 4.58. The lowest BCUT2D eigenvalue weighted by atomic mass is 10.2. The molecule has 3 nitrogen and oxygen atoms in total. The summed E-state index contributed by atoms with van der Waals surface area (Å²) in [5.74, 6) is 0.204. The van der Waals surface area contributed by atoms with Gasteiger partial charge in [0.25, 0.3) is 0 Å². The quantitative estimate of drug-likeness (QED) is 0.673. The van der Waals surface area contributed by atoms with Crippen LogP contribution in [-0.4, -0.2) is 24.2 Å². The van der Waals surface area contributed by atoms with E-state index < -0.39 is 0 Å². The van der Waals surface area contributed by atoms with E-state index >= 15 is 0 Å². The molecule has 12 heavy (non-hydrogen) atoms. The smallest absolute Gasteiger partial charge is 0.219 e.